The number of ether oxygens (including phenoxy) is 5. The number of epoxide rings is 1. The van der Waals surface area contributed by atoms with E-state index in [2.05, 4.69) is 5.32 Å². The molecule has 13 nitrogen and oxygen atoms in total. The van der Waals surface area contributed by atoms with Gasteiger partial charge in [-0.15, -0.1) is 0 Å². The molecule has 3 heterocycles. The van der Waals surface area contributed by atoms with Gasteiger partial charge in [0, 0.05) is 40.5 Å². The zero-order chi connectivity index (χ0) is 35.7. The van der Waals surface area contributed by atoms with Crippen molar-refractivity contribution in [3.05, 3.63) is 46.5 Å². The highest BCUT2D eigenvalue weighted by atomic mass is 35.5. The molecule has 3 aliphatic rings. The SMILES string of the molecule is COc1cc2cc(c1Cl)N(C)C(=O)C[C@H](OC(=O)[C@@H](C)N(C)C(C)=O)[C@@]1(C)O[C@@H]1[C@H](C)[C@@H]1C[C@](O)(NC(=O)O1)[C@H](OC)/C=C\C=C(\C)C2. The Morgan fingerprint density at radius 1 is 1.25 bits per heavy atom. The minimum atomic E-state index is -1.81. The lowest BCUT2D eigenvalue weighted by atomic mass is 9.83. The van der Waals surface area contributed by atoms with E-state index < -0.39 is 65.7 Å². The molecule has 3 amide bonds. The standard InChI is InChI=1S/C34H46ClN3O10/c1-18-11-10-12-26(45-9)34(43)17-25(46-32(42)36-34)19(2)30-33(5,48-30)27(47-31(41)20(3)37(6)21(4)39)16-28(40)38(7)23-14-22(13-18)15-24(44-8)29(23)35/h10-12,14-15,19-20,25-27,30,43H,13,16-17H2,1-9H3,(H,36,42)/b12-10-,18-11-/t19-,20-,25+,26-,27+,30-,33-,34-/m1/s1. The highest BCUT2D eigenvalue weighted by molar-refractivity contribution is 6.35. The molecule has 2 fully saturated rings. The number of allylic oxidation sites excluding steroid dienone is 3. The summed E-state index contributed by atoms with van der Waals surface area (Å²) in [5.41, 5.74) is -0.871. The molecule has 4 rings (SSSR count). The van der Waals surface area contributed by atoms with Crippen molar-refractivity contribution in [2.75, 3.05) is 33.2 Å². The number of benzene rings is 1. The van der Waals surface area contributed by atoms with Gasteiger partial charge in [-0.2, -0.15) is 0 Å². The van der Waals surface area contributed by atoms with Crippen LogP contribution in [0.15, 0.2) is 35.9 Å². The number of carbonyl (C=O) groups is 4. The Balaban J connectivity index is 1.80. The minimum absolute atomic E-state index is 0.0436. The molecule has 8 atom stereocenters. The van der Waals surface area contributed by atoms with Crippen molar-refractivity contribution in [3.8, 4) is 5.75 Å². The number of esters is 1. The Morgan fingerprint density at radius 3 is 2.56 bits per heavy atom. The number of rotatable bonds is 5. The number of aliphatic hydroxyl groups is 1. The summed E-state index contributed by atoms with van der Waals surface area (Å²) in [6, 6.07) is 2.63. The molecule has 2 saturated heterocycles. The van der Waals surface area contributed by atoms with Crippen LogP contribution in [0.4, 0.5) is 10.5 Å². The van der Waals surface area contributed by atoms with E-state index in [9.17, 15) is 24.3 Å². The van der Waals surface area contributed by atoms with Crippen LogP contribution < -0.4 is 15.0 Å². The normalized spacial score (nSPS) is 33.2. The van der Waals surface area contributed by atoms with Gasteiger partial charge in [0.15, 0.2) is 5.72 Å². The van der Waals surface area contributed by atoms with E-state index in [0.717, 1.165) is 11.1 Å². The largest absolute Gasteiger partial charge is 0.495 e. The maximum Gasteiger partial charge on any atom is 0.409 e. The van der Waals surface area contributed by atoms with Crippen molar-refractivity contribution in [3.63, 3.8) is 0 Å². The summed E-state index contributed by atoms with van der Waals surface area (Å²) >= 11 is 6.71. The minimum Gasteiger partial charge on any atom is -0.495 e. The number of amides is 3. The summed E-state index contributed by atoms with van der Waals surface area (Å²) < 4.78 is 28.9. The Bertz CT molecular complexity index is 1500. The predicted octanol–water partition coefficient (Wildman–Crippen LogP) is 3.53. The fourth-order valence-electron chi connectivity index (χ4n) is 6.27. The third-order valence-corrected chi connectivity index (χ3v) is 10.0. The van der Waals surface area contributed by atoms with Crippen molar-refractivity contribution >= 4 is 41.2 Å². The third-order valence-electron chi connectivity index (χ3n) is 9.63. The summed E-state index contributed by atoms with van der Waals surface area (Å²) in [7, 11) is 5.97. The second kappa shape index (κ2) is 14.5. The lowest BCUT2D eigenvalue weighted by Gasteiger charge is -2.42. The molecular formula is C34H46ClN3O10. The van der Waals surface area contributed by atoms with Crippen LogP contribution in [0.25, 0.3) is 0 Å². The van der Waals surface area contributed by atoms with Gasteiger partial charge in [-0.05, 0) is 44.9 Å². The second-order valence-corrected chi connectivity index (χ2v) is 13.4. The smallest absolute Gasteiger partial charge is 0.409 e. The third kappa shape index (κ3) is 7.64. The van der Waals surface area contributed by atoms with E-state index >= 15 is 0 Å². The fraction of sp³-hybridized carbons (Fsp3) is 0.588. The molecule has 1 aromatic carbocycles. The molecule has 48 heavy (non-hydrogen) atoms. The van der Waals surface area contributed by atoms with Crippen molar-refractivity contribution in [1.29, 1.82) is 0 Å². The number of hydrogen-bond donors (Lipinski definition) is 2. The van der Waals surface area contributed by atoms with Gasteiger partial charge in [0.25, 0.3) is 0 Å². The zero-order valence-corrected chi connectivity index (χ0v) is 29.6. The Labute approximate surface area is 286 Å². The van der Waals surface area contributed by atoms with Gasteiger partial charge in [0.05, 0.1) is 25.3 Å². The quantitative estimate of drug-likeness (QED) is 0.346. The molecule has 2 N–H and O–H groups in total. The lowest BCUT2D eigenvalue weighted by Crippen LogP contribution is -2.63. The molecule has 0 unspecified atom stereocenters. The number of halogens is 1. The summed E-state index contributed by atoms with van der Waals surface area (Å²) in [6.07, 6.45) is 1.02. The number of nitrogens with one attached hydrogen (secondary N) is 1. The van der Waals surface area contributed by atoms with E-state index in [1.807, 2.05) is 13.0 Å². The van der Waals surface area contributed by atoms with Crippen molar-refractivity contribution in [2.45, 2.75) is 95.7 Å². The Morgan fingerprint density at radius 2 is 1.94 bits per heavy atom. The molecule has 3 aliphatic heterocycles. The molecule has 4 bridgehead atoms. The molecule has 14 heteroatoms. The van der Waals surface area contributed by atoms with Crippen LogP contribution >= 0.6 is 11.6 Å². The molecule has 0 aromatic heterocycles. The monoisotopic (exact) mass is 691 g/mol. The van der Waals surface area contributed by atoms with Crippen LogP contribution in [0.2, 0.25) is 5.02 Å². The van der Waals surface area contributed by atoms with E-state index in [1.54, 1.807) is 45.2 Å². The summed E-state index contributed by atoms with van der Waals surface area (Å²) in [5, 5.41) is 14.4. The summed E-state index contributed by atoms with van der Waals surface area (Å²) in [6.45, 7) is 8.29. The second-order valence-electron chi connectivity index (χ2n) is 13.0. The summed E-state index contributed by atoms with van der Waals surface area (Å²) in [4.78, 5) is 54.7. The number of alkyl carbamates (subject to hydrolysis) is 1. The predicted molar refractivity (Wildman–Crippen MR) is 177 cm³/mol. The molecule has 0 spiro atoms. The average molecular weight is 692 g/mol. The number of carbonyl (C=O) groups excluding carboxylic acids is 4. The van der Waals surface area contributed by atoms with Crippen LogP contribution in [0.3, 0.4) is 0 Å². The maximum absolute atomic E-state index is 14.0. The van der Waals surface area contributed by atoms with Gasteiger partial charge in [0.1, 0.15) is 40.7 Å². The molecular weight excluding hydrogens is 646 g/mol. The first kappa shape index (κ1) is 37.2. The van der Waals surface area contributed by atoms with Gasteiger partial charge in [0.2, 0.25) is 11.8 Å². The van der Waals surface area contributed by atoms with Crippen molar-refractivity contribution < 1.29 is 48.0 Å². The average Bonchev–Trinajstić information content (AvgIpc) is 3.73. The zero-order valence-electron chi connectivity index (χ0n) is 28.9. The fourth-order valence-corrected chi connectivity index (χ4v) is 6.59. The van der Waals surface area contributed by atoms with Crippen molar-refractivity contribution in [1.82, 2.24) is 10.2 Å². The molecule has 0 radical (unpaired) electrons. The maximum atomic E-state index is 14.0. The van der Waals surface area contributed by atoms with Crippen molar-refractivity contribution in [2.24, 2.45) is 5.92 Å². The van der Waals surface area contributed by atoms with E-state index in [4.69, 9.17) is 35.3 Å². The number of hydrogen-bond acceptors (Lipinski definition) is 10. The van der Waals surface area contributed by atoms with E-state index in [-0.39, 0.29) is 23.8 Å². The first-order valence-electron chi connectivity index (χ1n) is 15.8. The first-order valence-corrected chi connectivity index (χ1v) is 16.2. The van der Waals surface area contributed by atoms with Gasteiger partial charge in [-0.1, -0.05) is 42.3 Å². The molecule has 0 aliphatic carbocycles. The topological polar surface area (TPSA) is 156 Å². The molecule has 264 valence electrons. The lowest BCUT2D eigenvalue weighted by molar-refractivity contribution is -0.161. The van der Waals surface area contributed by atoms with Gasteiger partial charge in [-0.25, -0.2) is 9.59 Å². The van der Waals surface area contributed by atoms with Gasteiger partial charge >= 0.3 is 12.1 Å². The van der Waals surface area contributed by atoms with Gasteiger partial charge in [-0.3, -0.25) is 14.9 Å². The number of fused-ring (bicyclic) bond motifs is 5. The molecule has 1 aromatic rings. The summed E-state index contributed by atoms with van der Waals surface area (Å²) in [5.74, 6) is -1.63. The van der Waals surface area contributed by atoms with Gasteiger partial charge < -0.3 is 38.6 Å². The Kier molecular flexibility index (Phi) is 11.2. The number of likely N-dealkylation sites (N-methyl/N-ethyl adjacent to an activating group) is 1. The van der Waals surface area contributed by atoms with E-state index in [1.165, 1.54) is 44.9 Å². The van der Waals surface area contributed by atoms with Crippen LogP contribution in [0.5, 0.6) is 5.75 Å². The van der Waals surface area contributed by atoms with Crippen LogP contribution in [0.1, 0.15) is 53.0 Å². The highest BCUT2D eigenvalue weighted by Gasteiger charge is 2.64. The molecule has 0 saturated carbocycles. The number of methoxy groups -OCH3 is 2. The first-order chi connectivity index (χ1) is 22.4. The van der Waals surface area contributed by atoms with Crippen LogP contribution in [-0.4, -0.2) is 104 Å². The van der Waals surface area contributed by atoms with E-state index in [0.29, 0.717) is 17.9 Å². The highest BCUT2D eigenvalue weighted by Crippen LogP contribution is 2.49. The number of nitrogens with zero attached hydrogens (tertiary/aromatic N) is 2. The number of anilines is 1. The van der Waals surface area contributed by atoms with Crippen LogP contribution in [0, 0.1) is 5.92 Å². The van der Waals surface area contributed by atoms with Crippen LogP contribution in [-0.2, 0) is 39.8 Å². The Hall–Kier alpha value is -3.65.